The molecule has 0 unspecified atom stereocenters. The molecule has 3 aromatic carbocycles. The van der Waals surface area contributed by atoms with Gasteiger partial charge in [-0.25, -0.2) is 0 Å². The van der Waals surface area contributed by atoms with Crippen LogP contribution in [0.4, 0.5) is 0 Å². The summed E-state index contributed by atoms with van der Waals surface area (Å²) in [4.78, 5) is 17.7. The molecule has 0 aliphatic heterocycles. The van der Waals surface area contributed by atoms with Crippen molar-refractivity contribution in [1.82, 2.24) is 4.57 Å². The van der Waals surface area contributed by atoms with Crippen LogP contribution >= 0.6 is 34.5 Å². The van der Waals surface area contributed by atoms with Crippen LogP contribution in [0, 0.1) is 0 Å². The molecule has 27 heavy (non-hydrogen) atoms. The number of carbonyl (C=O) groups is 1. The number of thiazole rings is 1. The molecule has 3 nitrogen and oxygen atoms in total. The van der Waals surface area contributed by atoms with Gasteiger partial charge in [-0.2, -0.15) is 4.99 Å². The van der Waals surface area contributed by atoms with Crippen LogP contribution in [0.5, 0.6) is 0 Å². The van der Waals surface area contributed by atoms with Gasteiger partial charge in [-0.1, -0.05) is 70.9 Å². The molecule has 0 aliphatic carbocycles. The minimum absolute atomic E-state index is 0.361. The third-order valence-electron chi connectivity index (χ3n) is 4.19. The van der Waals surface area contributed by atoms with Crippen molar-refractivity contribution in [2.75, 3.05) is 0 Å². The van der Waals surface area contributed by atoms with E-state index in [0.29, 0.717) is 27.0 Å². The van der Waals surface area contributed by atoms with Crippen molar-refractivity contribution in [3.63, 3.8) is 0 Å². The van der Waals surface area contributed by atoms with E-state index in [1.807, 2.05) is 16.7 Å². The van der Waals surface area contributed by atoms with E-state index in [-0.39, 0.29) is 5.91 Å². The van der Waals surface area contributed by atoms with Crippen LogP contribution in [0.1, 0.15) is 10.4 Å². The maximum Gasteiger partial charge on any atom is 0.279 e. The summed E-state index contributed by atoms with van der Waals surface area (Å²) >= 11 is 13.5. The zero-order valence-electron chi connectivity index (χ0n) is 14.2. The van der Waals surface area contributed by atoms with Gasteiger partial charge in [0.25, 0.3) is 5.91 Å². The number of hydrogen-bond donors (Lipinski definition) is 0. The van der Waals surface area contributed by atoms with Crippen molar-refractivity contribution in [1.29, 1.82) is 0 Å². The third-order valence-corrected chi connectivity index (χ3v) is 5.76. The first-order valence-corrected chi connectivity index (χ1v) is 9.81. The molecule has 0 bridgehead atoms. The fourth-order valence-electron chi connectivity index (χ4n) is 3.02. The Labute approximate surface area is 169 Å². The van der Waals surface area contributed by atoms with Gasteiger partial charge in [0.05, 0.1) is 10.2 Å². The van der Waals surface area contributed by atoms with Crippen molar-refractivity contribution in [3.05, 3.63) is 87.7 Å². The van der Waals surface area contributed by atoms with Crippen molar-refractivity contribution in [3.8, 4) is 0 Å². The average Bonchev–Trinajstić information content (AvgIpc) is 2.99. The lowest BCUT2D eigenvalue weighted by Crippen LogP contribution is -2.16. The highest BCUT2D eigenvalue weighted by atomic mass is 35.5. The number of rotatable bonds is 3. The number of hydrogen-bond acceptors (Lipinski definition) is 2. The summed E-state index contributed by atoms with van der Waals surface area (Å²) in [5, 5.41) is 3.10. The number of amides is 1. The Morgan fingerprint density at radius 2 is 1.85 bits per heavy atom. The summed E-state index contributed by atoms with van der Waals surface area (Å²) < 4.78 is 3.08. The molecule has 6 heteroatoms. The standard InChI is InChI=1S/C21H14Cl2N2OS/c1-2-9-25-18-8-7-13-5-3-4-6-17(13)19(18)27-21(25)24-20(26)14-10-15(22)12-16(23)11-14/h2-8,10-12H,1,9H2. The average molecular weight is 413 g/mol. The molecule has 0 radical (unpaired) electrons. The van der Waals surface area contributed by atoms with Crippen molar-refractivity contribution >= 4 is 61.4 Å². The molecule has 4 aromatic rings. The SMILES string of the molecule is C=CCn1c(=NC(=O)c2cc(Cl)cc(Cl)c2)sc2c3ccccc3ccc21. The second kappa shape index (κ2) is 7.31. The van der Waals surface area contributed by atoms with Gasteiger partial charge in [-0.15, -0.1) is 6.58 Å². The van der Waals surface area contributed by atoms with E-state index >= 15 is 0 Å². The Kier molecular flexibility index (Phi) is 4.87. The van der Waals surface area contributed by atoms with E-state index < -0.39 is 0 Å². The first-order valence-electron chi connectivity index (χ1n) is 8.24. The molecule has 1 amide bonds. The zero-order chi connectivity index (χ0) is 19.0. The number of fused-ring (bicyclic) bond motifs is 3. The smallest absolute Gasteiger partial charge is 0.279 e. The topological polar surface area (TPSA) is 34.4 Å². The van der Waals surface area contributed by atoms with Gasteiger partial charge in [0.1, 0.15) is 0 Å². The van der Waals surface area contributed by atoms with Crippen molar-refractivity contribution in [2.24, 2.45) is 4.99 Å². The lowest BCUT2D eigenvalue weighted by atomic mass is 10.1. The van der Waals surface area contributed by atoms with E-state index in [1.54, 1.807) is 24.3 Å². The van der Waals surface area contributed by atoms with Crippen LogP contribution in [0.25, 0.3) is 21.0 Å². The fraction of sp³-hybridized carbons (Fsp3) is 0.0476. The maximum atomic E-state index is 12.7. The van der Waals surface area contributed by atoms with E-state index in [0.717, 1.165) is 21.0 Å². The number of aromatic nitrogens is 1. The Balaban J connectivity index is 1.95. The number of halogens is 2. The highest BCUT2D eigenvalue weighted by Crippen LogP contribution is 2.28. The predicted octanol–water partition coefficient (Wildman–Crippen LogP) is 6.09. The monoisotopic (exact) mass is 412 g/mol. The van der Waals surface area contributed by atoms with Crippen molar-refractivity contribution < 1.29 is 4.79 Å². The van der Waals surface area contributed by atoms with Crippen LogP contribution in [0.3, 0.4) is 0 Å². The van der Waals surface area contributed by atoms with Gasteiger partial charge >= 0.3 is 0 Å². The van der Waals surface area contributed by atoms with Gasteiger partial charge in [-0.3, -0.25) is 4.79 Å². The lowest BCUT2D eigenvalue weighted by molar-refractivity contribution is 0.0998. The first kappa shape index (κ1) is 18.0. The third kappa shape index (κ3) is 3.44. The molecule has 4 rings (SSSR count). The van der Waals surface area contributed by atoms with E-state index in [1.165, 1.54) is 11.3 Å². The fourth-order valence-corrected chi connectivity index (χ4v) is 4.72. The van der Waals surface area contributed by atoms with Crippen molar-refractivity contribution in [2.45, 2.75) is 6.54 Å². The van der Waals surface area contributed by atoms with Crippen LogP contribution in [-0.2, 0) is 6.54 Å². The molecule has 134 valence electrons. The second-order valence-corrected chi connectivity index (χ2v) is 7.84. The number of nitrogens with zero attached hydrogens (tertiary/aromatic N) is 2. The molecule has 0 saturated heterocycles. The largest absolute Gasteiger partial charge is 0.312 e. The van der Waals surface area contributed by atoms with Crippen LogP contribution < -0.4 is 4.80 Å². The Hall–Kier alpha value is -2.40. The number of allylic oxidation sites excluding steroid dienone is 1. The lowest BCUT2D eigenvalue weighted by Gasteiger charge is -2.03. The minimum atomic E-state index is -0.381. The Morgan fingerprint density at radius 3 is 2.59 bits per heavy atom. The quantitative estimate of drug-likeness (QED) is 0.374. The summed E-state index contributed by atoms with van der Waals surface area (Å²) in [5.74, 6) is -0.381. The number of benzene rings is 3. The molecule has 1 aromatic heterocycles. The summed E-state index contributed by atoms with van der Waals surface area (Å²) in [7, 11) is 0. The van der Waals surface area contributed by atoms with Crippen LogP contribution in [0.2, 0.25) is 10.0 Å². The highest BCUT2D eigenvalue weighted by molar-refractivity contribution is 7.17. The molecule has 1 heterocycles. The summed E-state index contributed by atoms with van der Waals surface area (Å²) in [6.45, 7) is 4.38. The van der Waals surface area contributed by atoms with E-state index in [9.17, 15) is 4.79 Å². The van der Waals surface area contributed by atoms with Gasteiger partial charge in [-0.05, 0) is 29.7 Å². The minimum Gasteiger partial charge on any atom is -0.312 e. The molecule has 0 N–H and O–H groups in total. The summed E-state index contributed by atoms with van der Waals surface area (Å²) in [5.41, 5.74) is 1.38. The molecular formula is C21H14Cl2N2OS. The van der Waals surface area contributed by atoms with Gasteiger partial charge in [0, 0.05) is 27.5 Å². The molecule has 0 aliphatic rings. The molecule has 0 spiro atoms. The van der Waals surface area contributed by atoms with Gasteiger partial charge < -0.3 is 4.57 Å². The normalized spacial score (nSPS) is 12.0. The zero-order valence-corrected chi connectivity index (χ0v) is 16.5. The highest BCUT2D eigenvalue weighted by Gasteiger charge is 2.12. The van der Waals surface area contributed by atoms with E-state index in [2.05, 4.69) is 35.8 Å². The number of carbonyl (C=O) groups excluding carboxylic acids is 1. The molecular weight excluding hydrogens is 399 g/mol. The predicted molar refractivity (Wildman–Crippen MR) is 114 cm³/mol. The van der Waals surface area contributed by atoms with Crippen LogP contribution in [0.15, 0.2) is 72.2 Å². The van der Waals surface area contributed by atoms with Gasteiger partial charge in [0.15, 0.2) is 4.80 Å². The molecule has 0 atom stereocenters. The summed E-state index contributed by atoms with van der Waals surface area (Å²) in [6.07, 6.45) is 1.79. The molecule has 0 fully saturated rings. The van der Waals surface area contributed by atoms with Gasteiger partial charge in [0.2, 0.25) is 0 Å². The molecule has 0 saturated carbocycles. The maximum absolute atomic E-state index is 12.7. The Morgan fingerprint density at radius 1 is 1.11 bits per heavy atom. The second-order valence-electron chi connectivity index (χ2n) is 5.99. The van der Waals surface area contributed by atoms with E-state index in [4.69, 9.17) is 23.2 Å². The summed E-state index contributed by atoms with van der Waals surface area (Å²) in [6, 6.07) is 17.0. The van der Waals surface area contributed by atoms with Crippen LogP contribution in [-0.4, -0.2) is 10.5 Å². The Bertz CT molecular complexity index is 1250. The first-order chi connectivity index (χ1) is 13.1.